The van der Waals surface area contributed by atoms with Gasteiger partial charge in [-0.25, -0.2) is 4.79 Å². The van der Waals surface area contributed by atoms with Gasteiger partial charge in [-0.2, -0.15) is 0 Å². The minimum atomic E-state index is -0.763. The quantitative estimate of drug-likeness (QED) is 0.899. The fraction of sp³-hybridized carbons (Fsp3) is 0.500. The number of hydrogen-bond donors (Lipinski definition) is 2. The average Bonchev–Trinajstić information content (AvgIpc) is 2.47. The van der Waals surface area contributed by atoms with Crippen LogP contribution in [0, 0.1) is 12.8 Å². The van der Waals surface area contributed by atoms with Crippen LogP contribution in [0.25, 0.3) is 0 Å². The third kappa shape index (κ3) is 3.97. The first-order chi connectivity index (χ1) is 9.97. The standard InChI is InChI=1S/C16H22N2O3/c1-11-6-8-14(9-7-11)18(2)16(21)17-13-5-3-4-12(10-13)15(19)20/h6-9,12-13H,3-5,10H2,1-2H3,(H,17,21)(H,19,20). The molecule has 0 radical (unpaired) electrons. The van der Waals surface area contributed by atoms with Gasteiger partial charge in [0.15, 0.2) is 0 Å². The molecule has 1 fully saturated rings. The number of carboxylic acid groups (broad SMARTS) is 1. The van der Waals surface area contributed by atoms with Crippen LogP contribution in [0.2, 0.25) is 0 Å². The van der Waals surface area contributed by atoms with Crippen molar-refractivity contribution < 1.29 is 14.7 Å². The molecule has 2 N–H and O–H groups in total. The number of amides is 2. The number of benzene rings is 1. The van der Waals surface area contributed by atoms with Crippen molar-refractivity contribution in [1.29, 1.82) is 0 Å². The number of anilines is 1. The highest BCUT2D eigenvalue weighted by atomic mass is 16.4. The molecule has 2 atom stereocenters. The largest absolute Gasteiger partial charge is 0.481 e. The number of carbonyl (C=O) groups excluding carboxylic acids is 1. The van der Waals surface area contributed by atoms with E-state index in [0.29, 0.717) is 12.8 Å². The summed E-state index contributed by atoms with van der Waals surface area (Å²) >= 11 is 0. The van der Waals surface area contributed by atoms with Crippen LogP contribution >= 0.6 is 0 Å². The second-order valence-corrected chi connectivity index (χ2v) is 5.74. The van der Waals surface area contributed by atoms with Crippen molar-refractivity contribution in [3.05, 3.63) is 29.8 Å². The summed E-state index contributed by atoms with van der Waals surface area (Å²) in [5.74, 6) is -1.10. The molecule has 2 rings (SSSR count). The van der Waals surface area contributed by atoms with Gasteiger partial charge in [-0.15, -0.1) is 0 Å². The molecule has 5 nitrogen and oxygen atoms in total. The number of carbonyl (C=O) groups is 2. The molecule has 0 spiro atoms. The summed E-state index contributed by atoms with van der Waals surface area (Å²) in [6.07, 6.45) is 2.91. The van der Waals surface area contributed by atoms with Gasteiger partial charge in [-0.05, 0) is 38.3 Å². The van der Waals surface area contributed by atoms with Crippen molar-refractivity contribution in [3.8, 4) is 0 Å². The Kier molecular flexibility index (Phi) is 4.83. The minimum Gasteiger partial charge on any atom is -0.481 e. The van der Waals surface area contributed by atoms with Gasteiger partial charge >= 0.3 is 12.0 Å². The van der Waals surface area contributed by atoms with Gasteiger partial charge in [0, 0.05) is 18.8 Å². The third-order valence-electron chi connectivity index (χ3n) is 4.08. The van der Waals surface area contributed by atoms with Crippen molar-refractivity contribution in [3.63, 3.8) is 0 Å². The van der Waals surface area contributed by atoms with Crippen molar-refractivity contribution in [2.45, 2.75) is 38.6 Å². The molecule has 0 heterocycles. The van der Waals surface area contributed by atoms with Gasteiger partial charge in [0.2, 0.25) is 0 Å². The summed E-state index contributed by atoms with van der Waals surface area (Å²) < 4.78 is 0. The number of urea groups is 1. The lowest BCUT2D eigenvalue weighted by atomic mass is 9.86. The molecule has 2 amide bonds. The number of nitrogens with one attached hydrogen (secondary N) is 1. The van der Waals surface area contributed by atoms with Crippen molar-refractivity contribution in [2.75, 3.05) is 11.9 Å². The molecule has 1 aliphatic carbocycles. The molecule has 114 valence electrons. The van der Waals surface area contributed by atoms with Gasteiger partial charge in [0.05, 0.1) is 5.92 Å². The topological polar surface area (TPSA) is 69.6 Å². The van der Waals surface area contributed by atoms with Gasteiger partial charge < -0.3 is 10.4 Å². The summed E-state index contributed by atoms with van der Waals surface area (Å²) in [7, 11) is 1.72. The van der Waals surface area contributed by atoms with Crippen LogP contribution in [0.4, 0.5) is 10.5 Å². The van der Waals surface area contributed by atoms with Crippen LogP contribution in [0.5, 0.6) is 0 Å². The second kappa shape index (κ2) is 6.61. The van der Waals surface area contributed by atoms with Crippen LogP contribution in [0.1, 0.15) is 31.2 Å². The number of aryl methyl sites for hydroxylation is 1. The molecule has 1 saturated carbocycles. The van der Waals surface area contributed by atoms with E-state index >= 15 is 0 Å². The highest BCUT2D eigenvalue weighted by molar-refractivity contribution is 5.91. The summed E-state index contributed by atoms with van der Waals surface area (Å²) in [6.45, 7) is 2.00. The molecule has 21 heavy (non-hydrogen) atoms. The highest BCUT2D eigenvalue weighted by Gasteiger charge is 2.28. The van der Waals surface area contributed by atoms with E-state index < -0.39 is 5.97 Å². The Morgan fingerprint density at radius 1 is 1.24 bits per heavy atom. The molecule has 2 unspecified atom stereocenters. The number of carboxylic acids is 1. The summed E-state index contributed by atoms with van der Waals surface area (Å²) in [5.41, 5.74) is 1.97. The molecule has 1 aromatic carbocycles. The van der Waals surface area contributed by atoms with Crippen molar-refractivity contribution in [1.82, 2.24) is 5.32 Å². The Morgan fingerprint density at radius 3 is 2.52 bits per heavy atom. The lowest BCUT2D eigenvalue weighted by molar-refractivity contribution is -0.143. The molecule has 1 aliphatic rings. The first kappa shape index (κ1) is 15.4. The van der Waals surface area contributed by atoms with Gasteiger partial charge in [-0.1, -0.05) is 24.1 Å². The number of rotatable bonds is 3. The van der Waals surface area contributed by atoms with E-state index in [4.69, 9.17) is 5.11 Å². The zero-order valence-electron chi connectivity index (χ0n) is 12.5. The van der Waals surface area contributed by atoms with Gasteiger partial charge in [0.1, 0.15) is 0 Å². The average molecular weight is 290 g/mol. The number of nitrogens with zero attached hydrogens (tertiary/aromatic N) is 1. The monoisotopic (exact) mass is 290 g/mol. The maximum atomic E-state index is 12.2. The van der Waals surface area contributed by atoms with E-state index in [0.717, 1.165) is 24.1 Å². The maximum absolute atomic E-state index is 12.2. The van der Waals surface area contributed by atoms with Gasteiger partial charge in [-0.3, -0.25) is 9.69 Å². The Labute approximate surface area is 125 Å². The smallest absolute Gasteiger partial charge is 0.321 e. The predicted octanol–water partition coefficient (Wildman–Crippen LogP) is 2.78. The fourth-order valence-electron chi connectivity index (χ4n) is 2.70. The van der Waals surface area contributed by atoms with E-state index in [1.807, 2.05) is 31.2 Å². The van der Waals surface area contributed by atoms with Crippen LogP contribution < -0.4 is 10.2 Å². The van der Waals surface area contributed by atoms with Crippen LogP contribution in [0.15, 0.2) is 24.3 Å². The van der Waals surface area contributed by atoms with E-state index in [-0.39, 0.29) is 18.0 Å². The first-order valence-electron chi connectivity index (χ1n) is 7.31. The van der Waals surface area contributed by atoms with E-state index in [2.05, 4.69) is 5.32 Å². The van der Waals surface area contributed by atoms with Gasteiger partial charge in [0.25, 0.3) is 0 Å². The number of hydrogen-bond acceptors (Lipinski definition) is 2. The van der Waals surface area contributed by atoms with E-state index in [9.17, 15) is 9.59 Å². The Hall–Kier alpha value is -2.04. The lowest BCUT2D eigenvalue weighted by Gasteiger charge is -2.29. The normalized spacial score (nSPS) is 21.6. The maximum Gasteiger partial charge on any atom is 0.321 e. The SMILES string of the molecule is Cc1ccc(N(C)C(=O)NC2CCCC(C(=O)O)C2)cc1. The van der Waals surface area contributed by atoms with E-state index in [1.165, 1.54) is 0 Å². The molecule has 0 saturated heterocycles. The molecular weight excluding hydrogens is 268 g/mol. The molecule has 0 aliphatic heterocycles. The zero-order valence-corrected chi connectivity index (χ0v) is 12.5. The van der Waals surface area contributed by atoms with Crippen LogP contribution in [-0.4, -0.2) is 30.2 Å². The molecule has 0 bridgehead atoms. The summed E-state index contributed by atoms with van der Waals surface area (Å²) in [4.78, 5) is 24.8. The van der Waals surface area contributed by atoms with Crippen LogP contribution in [0.3, 0.4) is 0 Å². The lowest BCUT2D eigenvalue weighted by Crippen LogP contribution is -2.45. The fourth-order valence-corrected chi connectivity index (χ4v) is 2.70. The summed E-state index contributed by atoms with van der Waals surface area (Å²) in [6, 6.07) is 7.47. The number of aliphatic carboxylic acids is 1. The Morgan fingerprint density at radius 2 is 1.90 bits per heavy atom. The molecule has 1 aromatic rings. The third-order valence-corrected chi connectivity index (χ3v) is 4.08. The van der Waals surface area contributed by atoms with Crippen molar-refractivity contribution >= 4 is 17.7 Å². The van der Waals surface area contributed by atoms with Crippen LogP contribution in [-0.2, 0) is 4.79 Å². The molecule has 0 aromatic heterocycles. The highest BCUT2D eigenvalue weighted by Crippen LogP contribution is 2.25. The Balaban J connectivity index is 1.94. The second-order valence-electron chi connectivity index (χ2n) is 5.74. The molecule has 5 heteroatoms. The minimum absolute atomic E-state index is 0.0553. The summed E-state index contributed by atoms with van der Waals surface area (Å²) in [5, 5.41) is 12.0. The van der Waals surface area contributed by atoms with Crippen molar-refractivity contribution in [2.24, 2.45) is 5.92 Å². The van der Waals surface area contributed by atoms with E-state index in [1.54, 1.807) is 11.9 Å². The predicted molar refractivity (Wildman–Crippen MR) is 81.5 cm³/mol. The first-order valence-corrected chi connectivity index (χ1v) is 7.31. The molecular formula is C16H22N2O3. The Bertz CT molecular complexity index is 513. The zero-order chi connectivity index (χ0) is 15.4.